The van der Waals surface area contributed by atoms with Crippen molar-refractivity contribution >= 4 is 10.9 Å². The molecular weight excluding hydrogens is 244 g/mol. The molecule has 2 aromatic rings. The zero-order valence-corrected chi connectivity index (χ0v) is 12.6. The second-order valence-corrected chi connectivity index (χ2v) is 6.28. The van der Waals surface area contributed by atoms with Gasteiger partial charge >= 0.3 is 0 Å². The lowest BCUT2D eigenvalue weighted by Gasteiger charge is -2.21. The average molecular weight is 270 g/mol. The van der Waals surface area contributed by atoms with Gasteiger partial charge in [0, 0.05) is 24.8 Å². The van der Waals surface area contributed by atoms with Gasteiger partial charge in [0.25, 0.3) is 0 Å². The highest BCUT2D eigenvalue weighted by Crippen LogP contribution is 2.22. The van der Waals surface area contributed by atoms with Gasteiger partial charge in [-0.15, -0.1) is 0 Å². The van der Waals surface area contributed by atoms with Gasteiger partial charge in [-0.2, -0.15) is 0 Å². The van der Waals surface area contributed by atoms with Crippen LogP contribution < -0.4 is 5.32 Å². The molecule has 108 valence electrons. The second kappa shape index (κ2) is 6.45. The van der Waals surface area contributed by atoms with Gasteiger partial charge in [0.2, 0.25) is 0 Å². The van der Waals surface area contributed by atoms with Gasteiger partial charge in [-0.3, -0.25) is 0 Å². The summed E-state index contributed by atoms with van der Waals surface area (Å²) in [7, 11) is 0. The Hall–Kier alpha value is -1.28. The molecule has 0 aliphatic heterocycles. The number of hydrogen-bond donors (Lipinski definition) is 1. The molecular formula is C18H26N2. The smallest absolute Gasteiger partial charge is 0.0480 e. The number of nitrogens with one attached hydrogen (secondary N) is 1. The van der Waals surface area contributed by atoms with E-state index in [1.807, 2.05) is 0 Å². The molecule has 1 aromatic carbocycles. The van der Waals surface area contributed by atoms with Gasteiger partial charge < -0.3 is 9.88 Å². The van der Waals surface area contributed by atoms with Crippen molar-refractivity contribution in [3.63, 3.8) is 0 Å². The first-order chi connectivity index (χ1) is 9.83. The number of rotatable bonds is 5. The van der Waals surface area contributed by atoms with E-state index in [0.717, 1.165) is 19.0 Å². The number of benzene rings is 1. The van der Waals surface area contributed by atoms with E-state index < -0.39 is 0 Å². The molecule has 0 amide bonds. The van der Waals surface area contributed by atoms with Crippen LogP contribution in [0.3, 0.4) is 0 Å². The van der Waals surface area contributed by atoms with E-state index >= 15 is 0 Å². The fraction of sp³-hybridized carbons (Fsp3) is 0.556. The molecule has 2 nitrogen and oxygen atoms in total. The molecule has 1 fully saturated rings. The van der Waals surface area contributed by atoms with Crippen molar-refractivity contribution < 1.29 is 0 Å². The predicted octanol–water partition coefficient (Wildman–Crippen LogP) is 4.12. The first-order valence-corrected chi connectivity index (χ1v) is 8.09. The van der Waals surface area contributed by atoms with E-state index in [0.29, 0.717) is 0 Å². The molecule has 0 saturated heterocycles. The number of hydrogen-bond acceptors (Lipinski definition) is 1. The van der Waals surface area contributed by atoms with Gasteiger partial charge in [-0.05, 0) is 55.8 Å². The lowest BCUT2D eigenvalue weighted by atomic mass is 9.89. The summed E-state index contributed by atoms with van der Waals surface area (Å²) >= 11 is 0. The van der Waals surface area contributed by atoms with Crippen molar-refractivity contribution in [3.8, 4) is 0 Å². The lowest BCUT2D eigenvalue weighted by Crippen LogP contribution is -2.27. The highest BCUT2D eigenvalue weighted by molar-refractivity contribution is 5.80. The zero-order chi connectivity index (χ0) is 13.8. The molecule has 20 heavy (non-hydrogen) atoms. The summed E-state index contributed by atoms with van der Waals surface area (Å²) in [4.78, 5) is 0. The molecule has 0 radical (unpaired) electrons. The van der Waals surface area contributed by atoms with Crippen molar-refractivity contribution in [2.45, 2.75) is 45.6 Å². The van der Waals surface area contributed by atoms with Crippen LogP contribution >= 0.6 is 0 Å². The van der Waals surface area contributed by atoms with Crippen molar-refractivity contribution in [2.75, 3.05) is 13.1 Å². The normalized spacial score (nSPS) is 16.9. The third-order valence-corrected chi connectivity index (χ3v) is 4.61. The molecule has 0 atom stereocenters. The maximum absolute atomic E-state index is 3.65. The summed E-state index contributed by atoms with van der Waals surface area (Å²) in [5.74, 6) is 0.924. The summed E-state index contributed by atoms with van der Waals surface area (Å²) in [6.07, 6.45) is 9.40. The molecule has 1 heterocycles. The minimum atomic E-state index is 0.924. The fourth-order valence-corrected chi connectivity index (χ4v) is 3.41. The van der Waals surface area contributed by atoms with Crippen LogP contribution in [0.5, 0.6) is 0 Å². The molecule has 0 spiro atoms. The van der Waals surface area contributed by atoms with E-state index in [2.05, 4.69) is 47.3 Å². The van der Waals surface area contributed by atoms with Crippen LogP contribution in [-0.4, -0.2) is 17.7 Å². The minimum Gasteiger partial charge on any atom is -0.346 e. The van der Waals surface area contributed by atoms with Gasteiger partial charge in [0.1, 0.15) is 0 Å². The van der Waals surface area contributed by atoms with Gasteiger partial charge in [0.05, 0.1) is 0 Å². The molecule has 1 N–H and O–H groups in total. The number of nitrogens with zero attached hydrogens (tertiary/aromatic N) is 1. The first-order valence-electron chi connectivity index (χ1n) is 8.09. The Morgan fingerprint density at radius 2 is 2.00 bits per heavy atom. The number of fused-ring (bicyclic) bond motifs is 1. The number of aromatic nitrogens is 1. The van der Waals surface area contributed by atoms with E-state index in [9.17, 15) is 0 Å². The molecule has 0 bridgehead atoms. The van der Waals surface area contributed by atoms with Crippen LogP contribution in [-0.2, 0) is 6.54 Å². The van der Waals surface area contributed by atoms with Crippen LogP contribution in [0.15, 0.2) is 30.5 Å². The maximum Gasteiger partial charge on any atom is 0.0480 e. The largest absolute Gasteiger partial charge is 0.346 e. The summed E-state index contributed by atoms with van der Waals surface area (Å²) in [5.41, 5.74) is 2.70. The molecule has 1 saturated carbocycles. The molecule has 1 aliphatic rings. The predicted molar refractivity (Wildman–Crippen MR) is 86.1 cm³/mol. The topological polar surface area (TPSA) is 17.0 Å². The standard InChI is InChI=1S/C18H26N2/c1-15-7-8-18-17(13-15)9-11-20(18)12-10-19-14-16-5-3-2-4-6-16/h7-9,11,13,16,19H,2-6,10,12,14H2,1H3. The Morgan fingerprint density at radius 1 is 1.15 bits per heavy atom. The molecule has 3 rings (SSSR count). The van der Waals surface area contributed by atoms with Crippen LogP contribution in [0.4, 0.5) is 0 Å². The Morgan fingerprint density at radius 3 is 2.85 bits per heavy atom. The monoisotopic (exact) mass is 270 g/mol. The zero-order valence-electron chi connectivity index (χ0n) is 12.6. The first kappa shape index (κ1) is 13.7. The minimum absolute atomic E-state index is 0.924. The Bertz CT molecular complexity index is 550. The fourth-order valence-electron chi connectivity index (χ4n) is 3.41. The van der Waals surface area contributed by atoms with Gasteiger partial charge in [-0.1, -0.05) is 30.9 Å². The van der Waals surface area contributed by atoms with E-state index in [1.165, 1.54) is 55.1 Å². The molecule has 1 aromatic heterocycles. The third kappa shape index (κ3) is 3.24. The molecule has 2 heteroatoms. The van der Waals surface area contributed by atoms with Crippen molar-refractivity contribution in [3.05, 3.63) is 36.0 Å². The van der Waals surface area contributed by atoms with Crippen molar-refractivity contribution in [1.29, 1.82) is 0 Å². The average Bonchev–Trinajstić information content (AvgIpc) is 2.87. The lowest BCUT2D eigenvalue weighted by molar-refractivity contribution is 0.341. The highest BCUT2D eigenvalue weighted by Gasteiger charge is 2.12. The van der Waals surface area contributed by atoms with Crippen LogP contribution in [0.2, 0.25) is 0 Å². The van der Waals surface area contributed by atoms with Crippen LogP contribution in [0.1, 0.15) is 37.7 Å². The summed E-state index contributed by atoms with van der Waals surface area (Å²) in [6.45, 7) is 5.51. The van der Waals surface area contributed by atoms with Crippen molar-refractivity contribution in [2.24, 2.45) is 5.92 Å². The summed E-state index contributed by atoms with van der Waals surface area (Å²) < 4.78 is 2.36. The van der Waals surface area contributed by atoms with E-state index in [1.54, 1.807) is 0 Å². The van der Waals surface area contributed by atoms with Crippen molar-refractivity contribution in [1.82, 2.24) is 9.88 Å². The Labute approximate surface area is 122 Å². The van der Waals surface area contributed by atoms with Gasteiger partial charge in [-0.25, -0.2) is 0 Å². The van der Waals surface area contributed by atoms with E-state index in [4.69, 9.17) is 0 Å². The second-order valence-electron chi connectivity index (χ2n) is 6.28. The molecule has 0 unspecified atom stereocenters. The Balaban J connectivity index is 1.49. The maximum atomic E-state index is 3.65. The van der Waals surface area contributed by atoms with Crippen LogP contribution in [0.25, 0.3) is 10.9 Å². The summed E-state index contributed by atoms with van der Waals surface area (Å²) in [6, 6.07) is 8.94. The van der Waals surface area contributed by atoms with Gasteiger partial charge in [0.15, 0.2) is 0 Å². The quantitative estimate of drug-likeness (QED) is 0.809. The highest BCUT2D eigenvalue weighted by atomic mass is 15.0. The van der Waals surface area contributed by atoms with Crippen LogP contribution in [0, 0.1) is 12.8 Å². The van der Waals surface area contributed by atoms with E-state index in [-0.39, 0.29) is 0 Å². The molecule has 1 aliphatic carbocycles. The SMILES string of the molecule is Cc1ccc2c(ccn2CCNCC2CCCCC2)c1. The summed E-state index contributed by atoms with van der Waals surface area (Å²) in [5, 5.41) is 5.01. The third-order valence-electron chi connectivity index (χ3n) is 4.61. The Kier molecular flexibility index (Phi) is 4.41. The number of aryl methyl sites for hydroxylation is 1.